The Balaban J connectivity index is 1.59. The molecule has 3 rings (SSSR count). The van der Waals surface area contributed by atoms with Crippen molar-refractivity contribution < 1.29 is 19.0 Å². The topological polar surface area (TPSA) is 73.8 Å². The molecule has 0 N–H and O–H groups in total. The molecule has 2 fully saturated rings. The lowest BCUT2D eigenvalue weighted by Crippen LogP contribution is -2.46. The van der Waals surface area contributed by atoms with Gasteiger partial charge in [0.05, 0.1) is 38.6 Å². The SMILES string of the molecule is COc1cncc(O[C@@H]2CCCN(C(=O)[C@@H]3CCOC3)C2)n1. The number of carbonyl (C=O) groups excluding carboxylic acids is 1. The van der Waals surface area contributed by atoms with Gasteiger partial charge >= 0.3 is 0 Å². The number of amides is 1. The van der Waals surface area contributed by atoms with Gasteiger partial charge in [-0.05, 0) is 19.3 Å². The summed E-state index contributed by atoms with van der Waals surface area (Å²) in [5, 5.41) is 0. The van der Waals surface area contributed by atoms with E-state index in [1.807, 2.05) is 4.90 Å². The molecule has 0 aromatic carbocycles. The quantitative estimate of drug-likeness (QED) is 0.822. The molecule has 1 amide bonds. The van der Waals surface area contributed by atoms with Gasteiger partial charge in [-0.15, -0.1) is 0 Å². The van der Waals surface area contributed by atoms with Crippen molar-refractivity contribution in [1.82, 2.24) is 14.9 Å². The van der Waals surface area contributed by atoms with Gasteiger partial charge in [0.1, 0.15) is 6.10 Å². The molecule has 2 aliphatic rings. The molecule has 0 radical (unpaired) electrons. The molecule has 0 bridgehead atoms. The minimum Gasteiger partial charge on any atom is -0.480 e. The van der Waals surface area contributed by atoms with E-state index in [-0.39, 0.29) is 17.9 Å². The number of likely N-dealkylation sites (tertiary alicyclic amines) is 1. The lowest BCUT2D eigenvalue weighted by Gasteiger charge is -2.33. The number of carbonyl (C=O) groups is 1. The zero-order valence-corrected chi connectivity index (χ0v) is 12.7. The van der Waals surface area contributed by atoms with Crippen molar-refractivity contribution in [2.24, 2.45) is 5.92 Å². The highest BCUT2D eigenvalue weighted by atomic mass is 16.5. The largest absolute Gasteiger partial charge is 0.480 e. The summed E-state index contributed by atoms with van der Waals surface area (Å²) in [6.07, 6.45) is 5.70. The maximum Gasteiger partial charge on any atom is 0.235 e. The van der Waals surface area contributed by atoms with E-state index in [1.54, 1.807) is 13.3 Å². The van der Waals surface area contributed by atoms with Crippen LogP contribution in [-0.2, 0) is 9.53 Å². The van der Waals surface area contributed by atoms with Crippen molar-refractivity contribution in [2.45, 2.75) is 25.4 Å². The molecule has 2 aliphatic heterocycles. The van der Waals surface area contributed by atoms with Crippen LogP contribution >= 0.6 is 0 Å². The summed E-state index contributed by atoms with van der Waals surface area (Å²) in [7, 11) is 1.54. The Morgan fingerprint density at radius 3 is 3.00 bits per heavy atom. The molecule has 0 aliphatic carbocycles. The van der Waals surface area contributed by atoms with Crippen LogP contribution in [0.5, 0.6) is 11.8 Å². The Morgan fingerprint density at radius 2 is 2.23 bits per heavy atom. The third-order valence-corrected chi connectivity index (χ3v) is 4.06. The second-order valence-corrected chi connectivity index (χ2v) is 5.63. The maximum atomic E-state index is 12.4. The van der Waals surface area contributed by atoms with Crippen LogP contribution in [0, 0.1) is 5.92 Å². The van der Waals surface area contributed by atoms with Gasteiger partial charge in [-0.25, -0.2) is 0 Å². The van der Waals surface area contributed by atoms with Crippen molar-refractivity contribution in [2.75, 3.05) is 33.4 Å². The van der Waals surface area contributed by atoms with Crippen LogP contribution in [0.4, 0.5) is 0 Å². The summed E-state index contributed by atoms with van der Waals surface area (Å²) in [6.45, 7) is 2.61. The number of piperidine rings is 1. The average Bonchev–Trinajstić information content (AvgIpc) is 3.09. The molecule has 0 unspecified atom stereocenters. The molecule has 2 saturated heterocycles. The zero-order valence-electron chi connectivity index (χ0n) is 12.7. The first-order valence-electron chi connectivity index (χ1n) is 7.65. The van der Waals surface area contributed by atoms with Crippen LogP contribution in [0.2, 0.25) is 0 Å². The molecule has 2 atom stereocenters. The number of rotatable bonds is 4. The van der Waals surface area contributed by atoms with Gasteiger partial charge in [0.15, 0.2) is 0 Å². The van der Waals surface area contributed by atoms with Crippen molar-refractivity contribution in [3.05, 3.63) is 12.4 Å². The van der Waals surface area contributed by atoms with Gasteiger partial charge < -0.3 is 19.1 Å². The smallest absolute Gasteiger partial charge is 0.235 e. The summed E-state index contributed by atoms with van der Waals surface area (Å²) in [6, 6.07) is 0. The molecule has 120 valence electrons. The minimum atomic E-state index is -0.0542. The monoisotopic (exact) mass is 307 g/mol. The molecule has 1 aromatic heterocycles. The lowest BCUT2D eigenvalue weighted by atomic mass is 10.0. The Labute approximate surface area is 129 Å². The minimum absolute atomic E-state index is 0.00959. The van der Waals surface area contributed by atoms with Crippen LogP contribution in [0.3, 0.4) is 0 Å². The van der Waals surface area contributed by atoms with E-state index in [2.05, 4.69) is 9.97 Å². The van der Waals surface area contributed by atoms with Crippen LogP contribution in [0.1, 0.15) is 19.3 Å². The molecule has 0 saturated carbocycles. The van der Waals surface area contributed by atoms with Gasteiger partial charge in [-0.1, -0.05) is 0 Å². The summed E-state index contributed by atoms with van der Waals surface area (Å²) in [5.74, 6) is 1.05. The third kappa shape index (κ3) is 3.47. The Bertz CT molecular complexity index is 519. The van der Waals surface area contributed by atoms with Gasteiger partial charge in [-0.2, -0.15) is 4.98 Å². The third-order valence-electron chi connectivity index (χ3n) is 4.06. The van der Waals surface area contributed by atoms with E-state index < -0.39 is 0 Å². The van der Waals surface area contributed by atoms with Crippen LogP contribution in [-0.4, -0.2) is 60.3 Å². The van der Waals surface area contributed by atoms with Crippen molar-refractivity contribution >= 4 is 5.91 Å². The van der Waals surface area contributed by atoms with E-state index in [1.165, 1.54) is 6.20 Å². The van der Waals surface area contributed by atoms with Gasteiger partial charge in [0.25, 0.3) is 0 Å². The maximum absolute atomic E-state index is 12.4. The van der Waals surface area contributed by atoms with E-state index >= 15 is 0 Å². The molecular formula is C15H21N3O4. The van der Waals surface area contributed by atoms with E-state index in [0.717, 1.165) is 25.8 Å². The molecule has 7 nitrogen and oxygen atoms in total. The molecule has 0 spiro atoms. The van der Waals surface area contributed by atoms with Gasteiger partial charge in [-0.3, -0.25) is 9.78 Å². The lowest BCUT2D eigenvalue weighted by molar-refractivity contribution is -0.138. The molecular weight excluding hydrogens is 286 g/mol. The second-order valence-electron chi connectivity index (χ2n) is 5.63. The summed E-state index contributed by atoms with van der Waals surface area (Å²) in [4.78, 5) is 22.6. The fourth-order valence-corrected chi connectivity index (χ4v) is 2.88. The fourth-order valence-electron chi connectivity index (χ4n) is 2.88. The van der Waals surface area contributed by atoms with Crippen LogP contribution in [0.15, 0.2) is 12.4 Å². The van der Waals surface area contributed by atoms with Crippen LogP contribution < -0.4 is 9.47 Å². The standard InChI is InChI=1S/C15H21N3O4/c1-20-13-7-16-8-14(17-13)22-12-3-2-5-18(9-12)15(19)11-4-6-21-10-11/h7-8,11-12H,2-6,9-10H2,1H3/t11-,12-/m1/s1. The first kappa shape index (κ1) is 15.0. The zero-order chi connectivity index (χ0) is 15.4. The first-order chi connectivity index (χ1) is 10.8. The van der Waals surface area contributed by atoms with E-state index in [9.17, 15) is 4.79 Å². The van der Waals surface area contributed by atoms with Crippen molar-refractivity contribution in [3.8, 4) is 11.8 Å². The van der Waals surface area contributed by atoms with Crippen molar-refractivity contribution in [1.29, 1.82) is 0 Å². The first-order valence-corrected chi connectivity index (χ1v) is 7.65. The summed E-state index contributed by atoms with van der Waals surface area (Å²) in [5.41, 5.74) is 0. The Kier molecular flexibility index (Phi) is 4.72. The number of methoxy groups -OCH3 is 1. The fraction of sp³-hybridized carbons (Fsp3) is 0.667. The molecule has 22 heavy (non-hydrogen) atoms. The number of hydrogen-bond acceptors (Lipinski definition) is 6. The molecule has 3 heterocycles. The van der Waals surface area contributed by atoms with Gasteiger partial charge in [0.2, 0.25) is 17.7 Å². The number of hydrogen-bond donors (Lipinski definition) is 0. The number of aromatic nitrogens is 2. The summed E-state index contributed by atoms with van der Waals surface area (Å²) < 4.78 is 16.2. The Hall–Kier alpha value is -1.89. The highest BCUT2D eigenvalue weighted by molar-refractivity contribution is 5.79. The number of nitrogens with zero attached hydrogens (tertiary/aromatic N) is 3. The molecule has 1 aromatic rings. The predicted octanol–water partition coefficient (Wildman–Crippen LogP) is 0.891. The second kappa shape index (κ2) is 6.91. The predicted molar refractivity (Wildman–Crippen MR) is 77.7 cm³/mol. The van der Waals surface area contributed by atoms with Crippen molar-refractivity contribution in [3.63, 3.8) is 0 Å². The summed E-state index contributed by atoms with van der Waals surface area (Å²) >= 11 is 0. The van der Waals surface area contributed by atoms with E-state index in [4.69, 9.17) is 14.2 Å². The number of ether oxygens (including phenoxy) is 3. The molecule has 7 heteroatoms. The average molecular weight is 307 g/mol. The Morgan fingerprint density at radius 1 is 1.36 bits per heavy atom. The van der Waals surface area contributed by atoms with E-state index in [0.29, 0.717) is 31.5 Å². The normalized spacial score (nSPS) is 25.0. The highest BCUT2D eigenvalue weighted by Crippen LogP contribution is 2.21. The van der Waals surface area contributed by atoms with Crippen LogP contribution in [0.25, 0.3) is 0 Å². The van der Waals surface area contributed by atoms with Gasteiger partial charge in [0, 0.05) is 13.2 Å². The highest BCUT2D eigenvalue weighted by Gasteiger charge is 2.31.